The van der Waals surface area contributed by atoms with Gasteiger partial charge in [-0.15, -0.1) is 0 Å². The van der Waals surface area contributed by atoms with Gasteiger partial charge in [-0.05, 0) is 49.8 Å². The van der Waals surface area contributed by atoms with E-state index >= 15 is 0 Å². The van der Waals surface area contributed by atoms with Gasteiger partial charge in [0, 0.05) is 26.2 Å². The minimum Gasteiger partial charge on any atom is -0.338 e. The molecule has 144 valence electrons. The molecule has 1 atom stereocenters. The van der Waals surface area contributed by atoms with E-state index in [1.54, 1.807) is 9.21 Å². The van der Waals surface area contributed by atoms with E-state index in [1.807, 2.05) is 0 Å². The summed E-state index contributed by atoms with van der Waals surface area (Å²) in [4.78, 5) is 14.9. The van der Waals surface area contributed by atoms with E-state index in [9.17, 15) is 13.2 Å². The number of sulfonamides is 1. The molecular formula is C19H27ClN2O3S. The number of benzene rings is 1. The lowest BCUT2D eigenvalue weighted by Gasteiger charge is -2.31. The van der Waals surface area contributed by atoms with Crippen LogP contribution in [0.1, 0.15) is 55.8 Å². The van der Waals surface area contributed by atoms with E-state index in [0.717, 1.165) is 38.5 Å². The molecule has 2 heterocycles. The molecule has 1 aromatic carbocycles. The van der Waals surface area contributed by atoms with Crippen molar-refractivity contribution in [1.29, 1.82) is 0 Å². The Bertz CT molecular complexity index is 758. The fourth-order valence-corrected chi connectivity index (χ4v) is 5.55. The van der Waals surface area contributed by atoms with Crippen LogP contribution in [-0.2, 0) is 10.0 Å². The number of hydrogen-bond acceptors (Lipinski definition) is 3. The Labute approximate surface area is 161 Å². The molecular weight excluding hydrogens is 372 g/mol. The van der Waals surface area contributed by atoms with Gasteiger partial charge < -0.3 is 4.90 Å². The summed E-state index contributed by atoms with van der Waals surface area (Å²) in [6, 6.07) is 4.51. The first-order valence-corrected chi connectivity index (χ1v) is 11.3. The van der Waals surface area contributed by atoms with E-state index < -0.39 is 10.0 Å². The minimum absolute atomic E-state index is 0.164. The molecule has 0 radical (unpaired) electrons. The van der Waals surface area contributed by atoms with E-state index in [2.05, 4.69) is 6.92 Å². The van der Waals surface area contributed by atoms with E-state index in [4.69, 9.17) is 11.6 Å². The standard InChI is InChI=1S/C19H27ClN2O3S/c1-15-7-6-10-21(14-15)19(23)17-13-16(8-9-18(17)20)26(24,25)22-11-4-2-3-5-12-22/h8-9,13,15H,2-7,10-12,14H2,1H3. The molecule has 1 aromatic rings. The second kappa shape index (κ2) is 8.28. The second-order valence-electron chi connectivity index (χ2n) is 7.46. The first kappa shape index (κ1) is 19.6. The molecule has 0 aromatic heterocycles. The van der Waals surface area contributed by atoms with Crippen molar-refractivity contribution < 1.29 is 13.2 Å². The Hall–Kier alpha value is -1.11. The van der Waals surface area contributed by atoms with Crippen LogP contribution < -0.4 is 0 Å². The quantitative estimate of drug-likeness (QED) is 0.778. The average Bonchev–Trinajstić information content (AvgIpc) is 2.91. The molecule has 0 saturated carbocycles. The molecule has 5 nitrogen and oxygen atoms in total. The van der Waals surface area contributed by atoms with Gasteiger partial charge in [0.2, 0.25) is 10.0 Å². The molecule has 0 N–H and O–H groups in total. The van der Waals surface area contributed by atoms with Crippen LogP contribution in [0.5, 0.6) is 0 Å². The SMILES string of the molecule is CC1CCCN(C(=O)c2cc(S(=O)(=O)N3CCCCCC3)ccc2Cl)C1. The molecule has 0 aliphatic carbocycles. The van der Waals surface area contributed by atoms with Gasteiger partial charge >= 0.3 is 0 Å². The van der Waals surface area contributed by atoms with Gasteiger partial charge in [-0.1, -0.05) is 31.4 Å². The predicted octanol–water partition coefficient (Wildman–Crippen LogP) is 3.78. The smallest absolute Gasteiger partial charge is 0.255 e. The monoisotopic (exact) mass is 398 g/mol. The number of likely N-dealkylation sites (tertiary alicyclic amines) is 1. The molecule has 2 aliphatic rings. The van der Waals surface area contributed by atoms with E-state index in [1.165, 1.54) is 18.2 Å². The Balaban J connectivity index is 1.88. The van der Waals surface area contributed by atoms with Crippen LogP contribution in [0.4, 0.5) is 0 Å². The maximum absolute atomic E-state index is 13.0. The number of piperidine rings is 1. The summed E-state index contributed by atoms with van der Waals surface area (Å²) in [6.45, 7) is 4.60. The number of hydrogen-bond donors (Lipinski definition) is 0. The number of nitrogens with zero attached hydrogens (tertiary/aromatic N) is 2. The summed E-state index contributed by atoms with van der Waals surface area (Å²) in [5, 5.41) is 0.308. The Morgan fingerprint density at radius 1 is 1.08 bits per heavy atom. The van der Waals surface area contributed by atoms with Crippen molar-refractivity contribution >= 4 is 27.5 Å². The highest BCUT2D eigenvalue weighted by atomic mass is 35.5. The third-order valence-corrected chi connectivity index (χ3v) is 7.54. The molecule has 2 fully saturated rings. The van der Waals surface area contributed by atoms with Gasteiger partial charge in [0.05, 0.1) is 15.5 Å². The van der Waals surface area contributed by atoms with Crippen LogP contribution in [0.15, 0.2) is 23.1 Å². The first-order chi connectivity index (χ1) is 12.4. The summed E-state index contributed by atoms with van der Waals surface area (Å²) >= 11 is 6.25. The minimum atomic E-state index is -3.60. The Morgan fingerprint density at radius 2 is 1.77 bits per heavy atom. The van der Waals surface area contributed by atoms with Crippen molar-refractivity contribution in [3.63, 3.8) is 0 Å². The summed E-state index contributed by atoms with van der Waals surface area (Å²) in [5.41, 5.74) is 0.289. The number of carbonyl (C=O) groups excluding carboxylic acids is 1. The molecule has 7 heteroatoms. The zero-order valence-electron chi connectivity index (χ0n) is 15.3. The van der Waals surface area contributed by atoms with Gasteiger partial charge in [0.25, 0.3) is 5.91 Å². The molecule has 3 rings (SSSR count). The highest BCUT2D eigenvalue weighted by molar-refractivity contribution is 7.89. The van der Waals surface area contributed by atoms with Crippen molar-refractivity contribution in [2.45, 2.75) is 50.3 Å². The summed E-state index contributed by atoms with van der Waals surface area (Å²) in [6.07, 6.45) is 5.96. The molecule has 0 spiro atoms. The average molecular weight is 399 g/mol. The van der Waals surface area contributed by atoms with Gasteiger partial charge in [-0.25, -0.2) is 8.42 Å². The summed E-state index contributed by atoms with van der Waals surface area (Å²) in [5.74, 6) is 0.282. The van der Waals surface area contributed by atoms with E-state index in [-0.39, 0.29) is 16.4 Å². The molecule has 0 bridgehead atoms. The van der Waals surface area contributed by atoms with Crippen LogP contribution in [0.3, 0.4) is 0 Å². The highest BCUT2D eigenvalue weighted by Gasteiger charge is 2.28. The van der Waals surface area contributed by atoms with Crippen molar-refractivity contribution in [1.82, 2.24) is 9.21 Å². The zero-order valence-corrected chi connectivity index (χ0v) is 16.9. The van der Waals surface area contributed by atoms with Crippen LogP contribution in [0, 0.1) is 5.92 Å². The molecule has 26 heavy (non-hydrogen) atoms. The lowest BCUT2D eigenvalue weighted by molar-refractivity contribution is 0.0683. The van der Waals surface area contributed by atoms with Crippen LogP contribution >= 0.6 is 11.6 Å². The van der Waals surface area contributed by atoms with Crippen LogP contribution in [0.25, 0.3) is 0 Å². The molecule has 2 saturated heterocycles. The number of carbonyl (C=O) groups is 1. The van der Waals surface area contributed by atoms with Crippen molar-refractivity contribution in [3.05, 3.63) is 28.8 Å². The lowest BCUT2D eigenvalue weighted by atomic mass is 9.99. The Kier molecular flexibility index (Phi) is 6.25. The largest absolute Gasteiger partial charge is 0.338 e. The predicted molar refractivity (Wildman–Crippen MR) is 103 cm³/mol. The third kappa shape index (κ3) is 4.24. The summed E-state index contributed by atoms with van der Waals surface area (Å²) < 4.78 is 27.6. The topological polar surface area (TPSA) is 57.7 Å². The maximum atomic E-state index is 13.0. The van der Waals surface area contributed by atoms with E-state index in [0.29, 0.717) is 37.1 Å². The first-order valence-electron chi connectivity index (χ1n) is 9.48. The van der Waals surface area contributed by atoms with Gasteiger partial charge in [-0.2, -0.15) is 4.31 Å². The number of amides is 1. The van der Waals surface area contributed by atoms with Gasteiger partial charge in [0.15, 0.2) is 0 Å². The van der Waals surface area contributed by atoms with Crippen molar-refractivity contribution in [3.8, 4) is 0 Å². The normalized spacial score (nSPS) is 22.8. The van der Waals surface area contributed by atoms with Crippen LogP contribution in [-0.4, -0.2) is 49.7 Å². The third-order valence-electron chi connectivity index (χ3n) is 5.32. The second-order valence-corrected chi connectivity index (χ2v) is 9.80. The highest BCUT2D eigenvalue weighted by Crippen LogP contribution is 2.27. The van der Waals surface area contributed by atoms with Gasteiger partial charge in [-0.3, -0.25) is 4.79 Å². The van der Waals surface area contributed by atoms with Crippen LogP contribution in [0.2, 0.25) is 5.02 Å². The molecule has 1 amide bonds. The fourth-order valence-electron chi connectivity index (χ4n) is 3.80. The zero-order chi connectivity index (χ0) is 18.7. The Morgan fingerprint density at radius 3 is 2.42 bits per heavy atom. The number of halogens is 1. The lowest BCUT2D eigenvalue weighted by Crippen LogP contribution is -2.39. The van der Waals surface area contributed by atoms with Gasteiger partial charge in [0.1, 0.15) is 0 Å². The number of rotatable bonds is 3. The maximum Gasteiger partial charge on any atom is 0.255 e. The molecule has 1 unspecified atom stereocenters. The fraction of sp³-hybridized carbons (Fsp3) is 0.632. The van der Waals surface area contributed by atoms with Crippen molar-refractivity contribution in [2.24, 2.45) is 5.92 Å². The van der Waals surface area contributed by atoms with Crippen molar-refractivity contribution in [2.75, 3.05) is 26.2 Å². The summed E-state index contributed by atoms with van der Waals surface area (Å²) in [7, 11) is -3.60. The molecule has 2 aliphatic heterocycles.